The Labute approximate surface area is 167 Å². The molecule has 1 N–H and O–H groups in total. The smallest absolute Gasteiger partial charge is 0.249 e. The zero-order valence-corrected chi connectivity index (χ0v) is 16.2. The highest BCUT2D eigenvalue weighted by molar-refractivity contribution is 5.94. The van der Waals surface area contributed by atoms with Gasteiger partial charge in [0, 0.05) is 17.3 Å². The lowest BCUT2D eigenvalue weighted by Gasteiger charge is -2.10. The first kappa shape index (κ1) is 18.6. The zero-order chi connectivity index (χ0) is 20.2. The van der Waals surface area contributed by atoms with Crippen molar-refractivity contribution in [3.8, 4) is 17.2 Å². The molecule has 0 aliphatic heterocycles. The van der Waals surface area contributed by atoms with Crippen molar-refractivity contribution < 1.29 is 13.9 Å². The summed E-state index contributed by atoms with van der Waals surface area (Å²) in [4.78, 5) is 16.7. The van der Waals surface area contributed by atoms with Crippen LogP contribution in [0, 0.1) is 6.92 Å². The minimum absolute atomic E-state index is 0.128. The summed E-state index contributed by atoms with van der Waals surface area (Å²) in [6.07, 6.45) is 1.92. The van der Waals surface area contributed by atoms with Gasteiger partial charge in [-0.15, -0.1) is 10.2 Å². The lowest BCUT2D eigenvalue weighted by molar-refractivity contribution is -0.120. The summed E-state index contributed by atoms with van der Waals surface area (Å²) in [5.74, 6) is 1.38. The second-order valence-corrected chi connectivity index (χ2v) is 6.62. The van der Waals surface area contributed by atoms with Crippen molar-refractivity contribution >= 4 is 16.7 Å². The minimum atomic E-state index is -0.128. The lowest BCUT2D eigenvalue weighted by Crippen LogP contribution is -2.24. The molecule has 0 atom stereocenters. The summed E-state index contributed by atoms with van der Waals surface area (Å²) in [6, 6.07) is 15.4. The highest BCUT2D eigenvalue weighted by Gasteiger charge is 2.12. The second kappa shape index (κ2) is 8.10. The van der Waals surface area contributed by atoms with Gasteiger partial charge in [0.05, 0.1) is 25.6 Å². The molecule has 0 saturated carbocycles. The Kier molecular flexibility index (Phi) is 5.20. The molecule has 0 spiro atoms. The van der Waals surface area contributed by atoms with E-state index in [4.69, 9.17) is 9.15 Å². The summed E-state index contributed by atoms with van der Waals surface area (Å²) < 4.78 is 11.0. The standard InChI is InChI=1S/C22H20N4O3/c1-14-7-8-16(12-23-14)22-26-25-21(29-22)13-24-20(27)11-15-9-10-19(28-2)18-6-4-3-5-17(15)18/h3-10,12H,11,13H2,1-2H3,(H,24,27). The Bertz CT molecular complexity index is 1150. The highest BCUT2D eigenvalue weighted by atomic mass is 16.5. The fourth-order valence-electron chi connectivity index (χ4n) is 3.11. The van der Waals surface area contributed by atoms with E-state index in [0.717, 1.165) is 33.3 Å². The number of amides is 1. The van der Waals surface area contributed by atoms with Crippen LogP contribution in [0.5, 0.6) is 5.75 Å². The number of rotatable bonds is 6. The summed E-state index contributed by atoms with van der Waals surface area (Å²) in [7, 11) is 1.64. The van der Waals surface area contributed by atoms with E-state index in [-0.39, 0.29) is 18.9 Å². The summed E-state index contributed by atoms with van der Waals surface area (Å²) in [5, 5.41) is 12.8. The number of ether oxygens (including phenoxy) is 1. The Morgan fingerprint density at radius 2 is 1.90 bits per heavy atom. The van der Waals surface area contributed by atoms with Gasteiger partial charge in [0.25, 0.3) is 0 Å². The number of hydrogen-bond acceptors (Lipinski definition) is 6. The molecule has 7 heteroatoms. The van der Waals surface area contributed by atoms with Crippen LogP contribution in [0.15, 0.2) is 59.1 Å². The molecule has 2 aromatic heterocycles. The predicted octanol–water partition coefficient (Wildman–Crippen LogP) is 3.46. The van der Waals surface area contributed by atoms with E-state index in [2.05, 4.69) is 20.5 Å². The molecule has 2 aromatic carbocycles. The van der Waals surface area contributed by atoms with Gasteiger partial charge in [-0.05, 0) is 36.1 Å². The molecule has 146 valence electrons. The number of methoxy groups -OCH3 is 1. The van der Waals surface area contributed by atoms with E-state index in [1.165, 1.54) is 0 Å². The van der Waals surface area contributed by atoms with Crippen LogP contribution in [0.25, 0.3) is 22.2 Å². The number of aromatic nitrogens is 3. The minimum Gasteiger partial charge on any atom is -0.496 e. The Morgan fingerprint density at radius 1 is 1.07 bits per heavy atom. The second-order valence-electron chi connectivity index (χ2n) is 6.62. The maximum Gasteiger partial charge on any atom is 0.249 e. The van der Waals surface area contributed by atoms with Gasteiger partial charge in [-0.25, -0.2) is 0 Å². The maximum absolute atomic E-state index is 12.5. The zero-order valence-electron chi connectivity index (χ0n) is 16.2. The molecule has 29 heavy (non-hydrogen) atoms. The molecule has 0 aliphatic carbocycles. The van der Waals surface area contributed by atoms with Crippen molar-refractivity contribution in [3.05, 3.63) is 71.9 Å². The quantitative estimate of drug-likeness (QED) is 0.544. The maximum atomic E-state index is 12.5. The molecule has 0 fully saturated rings. The van der Waals surface area contributed by atoms with Gasteiger partial charge in [-0.1, -0.05) is 30.3 Å². The summed E-state index contributed by atoms with van der Waals surface area (Å²) >= 11 is 0. The molecule has 2 heterocycles. The number of nitrogens with one attached hydrogen (secondary N) is 1. The van der Waals surface area contributed by atoms with Crippen LogP contribution in [0.4, 0.5) is 0 Å². The molecule has 0 unspecified atom stereocenters. The van der Waals surface area contributed by atoms with Gasteiger partial charge in [0.2, 0.25) is 17.7 Å². The molecular formula is C22H20N4O3. The number of hydrogen-bond donors (Lipinski definition) is 1. The predicted molar refractivity (Wildman–Crippen MR) is 108 cm³/mol. The molecule has 4 rings (SSSR count). The number of pyridine rings is 1. The van der Waals surface area contributed by atoms with Crippen LogP contribution in [-0.4, -0.2) is 28.2 Å². The number of fused-ring (bicyclic) bond motifs is 1. The normalized spacial score (nSPS) is 10.8. The van der Waals surface area contributed by atoms with Crippen LogP contribution >= 0.6 is 0 Å². The monoisotopic (exact) mass is 388 g/mol. The third-order valence-electron chi connectivity index (χ3n) is 4.61. The molecule has 1 amide bonds. The largest absolute Gasteiger partial charge is 0.496 e. The van der Waals surface area contributed by atoms with Gasteiger partial charge in [-0.3, -0.25) is 9.78 Å². The van der Waals surface area contributed by atoms with Crippen molar-refractivity contribution in [2.75, 3.05) is 7.11 Å². The SMILES string of the molecule is COc1ccc(CC(=O)NCc2nnc(-c3ccc(C)nc3)o2)c2ccccc12. The fourth-order valence-corrected chi connectivity index (χ4v) is 3.11. The Hall–Kier alpha value is -3.74. The number of nitrogens with zero attached hydrogens (tertiary/aromatic N) is 3. The van der Waals surface area contributed by atoms with E-state index < -0.39 is 0 Å². The van der Waals surface area contributed by atoms with Crippen LogP contribution in [0.1, 0.15) is 17.1 Å². The van der Waals surface area contributed by atoms with E-state index in [0.29, 0.717) is 11.8 Å². The van der Waals surface area contributed by atoms with Gasteiger partial charge in [0.1, 0.15) is 5.75 Å². The number of carbonyl (C=O) groups excluding carboxylic acids is 1. The van der Waals surface area contributed by atoms with Crippen LogP contribution < -0.4 is 10.1 Å². The third kappa shape index (κ3) is 4.08. The average molecular weight is 388 g/mol. The molecule has 0 radical (unpaired) electrons. The third-order valence-corrected chi connectivity index (χ3v) is 4.61. The van der Waals surface area contributed by atoms with Gasteiger partial charge in [-0.2, -0.15) is 0 Å². The van der Waals surface area contributed by atoms with Gasteiger partial charge in [0.15, 0.2) is 0 Å². The molecule has 0 bridgehead atoms. The van der Waals surface area contributed by atoms with Crippen LogP contribution in [0.3, 0.4) is 0 Å². The Balaban J connectivity index is 1.42. The van der Waals surface area contributed by atoms with Crippen molar-refractivity contribution in [3.63, 3.8) is 0 Å². The molecule has 7 nitrogen and oxygen atoms in total. The average Bonchev–Trinajstić information content (AvgIpc) is 3.22. The van der Waals surface area contributed by atoms with E-state index in [9.17, 15) is 4.79 Å². The first-order chi connectivity index (χ1) is 14.1. The molecule has 0 aliphatic rings. The first-order valence-electron chi connectivity index (χ1n) is 9.21. The topological polar surface area (TPSA) is 90.1 Å². The van der Waals surface area contributed by atoms with Crippen LogP contribution in [0.2, 0.25) is 0 Å². The van der Waals surface area contributed by atoms with E-state index in [1.807, 2.05) is 55.5 Å². The highest BCUT2D eigenvalue weighted by Crippen LogP contribution is 2.28. The molecule has 0 saturated heterocycles. The van der Waals surface area contributed by atoms with E-state index >= 15 is 0 Å². The Morgan fingerprint density at radius 3 is 2.66 bits per heavy atom. The van der Waals surface area contributed by atoms with Crippen molar-refractivity contribution in [1.82, 2.24) is 20.5 Å². The number of aryl methyl sites for hydroxylation is 1. The fraction of sp³-hybridized carbons (Fsp3) is 0.182. The number of carbonyl (C=O) groups is 1. The summed E-state index contributed by atoms with van der Waals surface area (Å²) in [6.45, 7) is 2.07. The van der Waals surface area contributed by atoms with Crippen molar-refractivity contribution in [2.45, 2.75) is 19.9 Å². The van der Waals surface area contributed by atoms with E-state index in [1.54, 1.807) is 13.3 Å². The number of benzene rings is 2. The molecular weight excluding hydrogens is 368 g/mol. The van der Waals surface area contributed by atoms with Crippen molar-refractivity contribution in [2.24, 2.45) is 0 Å². The van der Waals surface area contributed by atoms with Gasteiger partial charge >= 0.3 is 0 Å². The van der Waals surface area contributed by atoms with Crippen LogP contribution in [-0.2, 0) is 17.8 Å². The lowest BCUT2D eigenvalue weighted by atomic mass is 10.0. The summed E-state index contributed by atoms with van der Waals surface area (Å²) in [5.41, 5.74) is 2.58. The molecule has 4 aromatic rings. The van der Waals surface area contributed by atoms with Crippen molar-refractivity contribution in [1.29, 1.82) is 0 Å². The van der Waals surface area contributed by atoms with Gasteiger partial charge < -0.3 is 14.5 Å². The first-order valence-corrected chi connectivity index (χ1v) is 9.21.